The van der Waals surface area contributed by atoms with Crippen LogP contribution in [0.4, 0.5) is 0 Å². The van der Waals surface area contributed by atoms with Crippen molar-refractivity contribution in [3.63, 3.8) is 0 Å². The van der Waals surface area contributed by atoms with Crippen LogP contribution in [0.25, 0.3) is 0 Å². The van der Waals surface area contributed by atoms with E-state index in [9.17, 15) is 4.79 Å². The number of allylic oxidation sites excluding steroid dienone is 2. The predicted molar refractivity (Wildman–Crippen MR) is 45.2 cm³/mol. The molecule has 0 aromatic carbocycles. The van der Waals surface area contributed by atoms with E-state index in [1.165, 1.54) is 7.11 Å². The molecule has 0 fully saturated rings. The lowest BCUT2D eigenvalue weighted by Crippen LogP contribution is -2.15. The van der Waals surface area contributed by atoms with Crippen molar-refractivity contribution in [2.45, 2.75) is 27.2 Å². The zero-order valence-corrected chi connectivity index (χ0v) is 7.68. The van der Waals surface area contributed by atoms with Gasteiger partial charge in [-0.25, -0.2) is 0 Å². The summed E-state index contributed by atoms with van der Waals surface area (Å²) in [6, 6.07) is 0. The number of hydrogen-bond acceptors (Lipinski definition) is 2. The number of ether oxygens (including phenoxy) is 1. The summed E-state index contributed by atoms with van der Waals surface area (Å²) in [6.45, 7) is 5.95. The summed E-state index contributed by atoms with van der Waals surface area (Å²) < 4.78 is 4.56. The molecule has 0 bridgehead atoms. The van der Waals surface area contributed by atoms with E-state index in [-0.39, 0.29) is 11.4 Å². The zero-order chi connectivity index (χ0) is 8.91. The Balaban J connectivity index is 4.01. The maximum absolute atomic E-state index is 10.8. The van der Waals surface area contributed by atoms with Crippen molar-refractivity contribution in [2.75, 3.05) is 7.11 Å². The molecule has 2 nitrogen and oxygen atoms in total. The van der Waals surface area contributed by atoms with Crippen LogP contribution in [0.3, 0.4) is 0 Å². The first-order valence-corrected chi connectivity index (χ1v) is 3.72. The Morgan fingerprint density at radius 3 is 2.45 bits per heavy atom. The van der Waals surface area contributed by atoms with E-state index >= 15 is 0 Å². The van der Waals surface area contributed by atoms with Crippen molar-refractivity contribution in [3.05, 3.63) is 12.2 Å². The molecule has 0 aliphatic carbocycles. The van der Waals surface area contributed by atoms with Gasteiger partial charge in [0.05, 0.1) is 13.5 Å². The zero-order valence-electron chi connectivity index (χ0n) is 7.68. The fourth-order valence-electron chi connectivity index (χ4n) is 0.954. The van der Waals surface area contributed by atoms with E-state index in [4.69, 9.17) is 0 Å². The molecule has 0 spiro atoms. The molecule has 0 N–H and O–H groups in total. The van der Waals surface area contributed by atoms with Crippen molar-refractivity contribution in [2.24, 2.45) is 5.41 Å². The summed E-state index contributed by atoms with van der Waals surface area (Å²) in [6.07, 6.45) is 4.39. The largest absolute Gasteiger partial charge is 0.469 e. The average molecular weight is 156 g/mol. The third-order valence-electron chi connectivity index (χ3n) is 1.45. The van der Waals surface area contributed by atoms with E-state index in [1.54, 1.807) is 0 Å². The van der Waals surface area contributed by atoms with Crippen molar-refractivity contribution in [3.8, 4) is 0 Å². The van der Waals surface area contributed by atoms with Gasteiger partial charge in [0.1, 0.15) is 0 Å². The minimum absolute atomic E-state index is 0.0815. The standard InChI is InChI=1S/C9H16O2/c1-5-6-9(2,3)7-8(10)11-4/h5-6H,7H2,1-4H3/b6-5+. The third kappa shape index (κ3) is 4.59. The van der Waals surface area contributed by atoms with Crippen LogP contribution >= 0.6 is 0 Å². The molecule has 0 aliphatic rings. The number of methoxy groups -OCH3 is 1. The van der Waals surface area contributed by atoms with Crippen LogP contribution < -0.4 is 0 Å². The number of hydrogen-bond donors (Lipinski definition) is 0. The highest BCUT2D eigenvalue weighted by Crippen LogP contribution is 2.22. The molecule has 0 heterocycles. The number of carbonyl (C=O) groups is 1. The molecule has 64 valence electrons. The molecule has 2 heteroatoms. The average Bonchev–Trinajstić information content (AvgIpc) is 1.86. The van der Waals surface area contributed by atoms with Crippen molar-refractivity contribution < 1.29 is 9.53 Å². The van der Waals surface area contributed by atoms with Crippen molar-refractivity contribution >= 4 is 5.97 Å². The molecule has 0 saturated carbocycles. The molecule has 0 aliphatic heterocycles. The minimum Gasteiger partial charge on any atom is -0.469 e. The molecule has 0 atom stereocenters. The molecular formula is C9H16O2. The van der Waals surface area contributed by atoms with Gasteiger partial charge < -0.3 is 4.74 Å². The number of esters is 1. The summed E-state index contributed by atoms with van der Waals surface area (Å²) in [7, 11) is 1.41. The number of carbonyl (C=O) groups excluding carboxylic acids is 1. The SMILES string of the molecule is C/C=C/C(C)(C)CC(=O)OC. The van der Waals surface area contributed by atoms with Gasteiger partial charge in [-0.1, -0.05) is 26.0 Å². The second-order valence-corrected chi connectivity index (χ2v) is 3.24. The summed E-state index contributed by atoms with van der Waals surface area (Å²) in [5.74, 6) is -0.159. The van der Waals surface area contributed by atoms with Gasteiger partial charge in [-0.2, -0.15) is 0 Å². The van der Waals surface area contributed by atoms with Gasteiger partial charge in [-0.15, -0.1) is 0 Å². The Morgan fingerprint density at radius 2 is 2.09 bits per heavy atom. The van der Waals surface area contributed by atoms with Gasteiger partial charge >= 0.3 is 5.97 Å². The van der Waals surface area contributed by atoms with Crippen LogP contribution in [0, 0.1) is 5.41 Å². The third-order valence-corrected chi connectivity index (χ3v) is 1.45. The van der Waals surface area contributed by atoms with Crippen molar-refractivity contribution in [1.29, 1.82) is 0 Å². The summed E-state index contributed by atoms with van der Waals surface area (Å²) >= 11 is 0. The molecule has 0 unspecified atom stereocenters. The van der Waals surface area contributed by atoms with Crippen molar-refractivity contribution in [1.82, 2.24) is 0 Å². The molecule has 0 saturated heterocycles. The van der Waals surface area contributed by atoms with Crippen LogP contribution in [-0.2, 0) is 9.53 Å². The summed E-state index contributed by atoms with van der Waals surface area (Å²) in [5, 5.41) is 0. The molecule has 0 rings (SSSR count). The maximum Gasteiger partial charge on any atom is 0.306 e. The monoisotopic (exact) mass is 156 g/mol. The Morgan fingerprint density at radius 1 is 1.55 bits per heavy atom. The topological polar surface area (TPSA) is 26.3 Å². The molecule has 0 radical (unpaired) electrons. The quantitative estimate of drug-likeness (QED) is 0.462. The summed E-state index contributed by atoms with van der Waals surface area (Å²) in [4.78, 5) is 10.8. The highest BCUT2D eigenvalue weighted by Gasteiger charge is 2.18. The fraction of sp³-hybridized carbons (Fsp3) is 0.667. The molecule has 0 aromatic rings. The van der Waals surface area contributed by atoms with Crippen LogP contribution in [0.2, 0.25) is 0 Å². The minimum atomic E-state index is -0.159. The highest BCUT2D eigenvalue weighted by molar-refractivity contribution is 5.70. The lowest BCUT2D eigenvalue weighted by atomic mass is 9.89. The van der Waals surface area contributed by atoms with E-state index in [0.717, 1.165) is 0 Å². The lowest BCUT2D eigenvalue weighted by molar-refractivity contribution is -0.142. The second kappa shape index (κ2) is 4.16. The van der Waals surface area contributed by atoms with Gasteiger partial charge in [0.25, 0.3) is 0 Å². The summed E-state index contributed by atoms with van der Waals surface area (Å²) in [5.41, 5.74) is -0.0815. The molecule has 0 amide bonds. The van der Waals surface area contributed by atoms with Gasteiger partial charge in [0, 0.05) is 0 Å². The van der Waals surface area contributed by atoms with Crippen LogP contribution in [0.15, 0.2) is 12.2 Å². The van der Waals surface area contributed by atoms with Gasteiger partial charge in [-0.05, 0) is 12.3 Å². The molecule has 11 heavy (non-hydrogen) atoms. The lowest BCUT2D eigenvalue weighted by Gasteiger charge is -2.17. The van der Waals surface area contributed by atoms with E-state index in [0.29, 0.717) is 6.42 Å². The first kappa shape index (κ1) is 10.2. The van der Waals surface area contributed by atoms with E-state index in [2.05, 4.69) is 4.74 Å². The Bertz CT molecular complexity index is 157. The van der Waals surface area contributed by atoms with E-state index < -0.39 is 0 Å². The Labute approximate surface area is 68.2 Å². The highest BCUT2D eigenvalue weighted by atomic mass is 16.5. The van der Waals surface area contributed by atoms with Gasteiger partial charge in [0.15, 0.2) is 0 Å². The van der Waals surface area contributed by atoms with Crippen LogP contribution in [0.1, 0.15) is 27.2 Å². The first-order valence-electron chi connectivity index (χ1n) is 3.72. The molecular weight excluding hydrogens is 140 g/mol. The van der Waals surface area contributed by atoms with E-state index in [1.807, 2.05) is 32.9 Å². The molecule has 0 aromatic heterocycles. The van der Waals surface area contributed by atoms with Crippen LogP contribution in [0.5, 0.6) is 0 Å². The predicted octanol–water partition coefficient (Wildman–Crippen LogP) is 2.15. The fourth-order valence-corrected chi connectivity index (χ4v) is 0.954. The Kier molecular flexibility index (Phi) is 3.86. The number of rotatable bonds is 3. The smallest absolute Gasteiger partial charge is 0.306 e. The van der Waals surface area contributed by atoms with Gasteiger partial charge in [0.2, 0.25) is 0 Å². The second-order valence-electron chi connectivity index (χ2n) is 3.24. The normalized spacial score (nSPS) is 12.0. The first-order chi connectivity index (χ1) is 5.02. The maximum atomic E-state index is 10.8. The Hall–Kier alpha value is -0.790. The van der Waals surface area contributed by atoms with Gasteiger partial charge in [-0.3, -0.25) is 4.79 Å². The van der Waals surface area contributed by atoms with Crippen LogP contribution in [-0.4, -0.2) is 13.1 Å².